The number of ether oxygens (including phenoxy) is 1. The summed E-state index contributed by atoms with van der Waals surface area (Å²) in [5.74, 6) is -0.934. The third-order valence-corrected chi connectivity index (χ3v) is 4.41. The Bertz CT molecular complexity index is 865. The zero-order chi connectivity index (χ0) is 18.0. The average Bonchev–Trinajstić information content (AvgIpc) is 3.40. The Morgan fingerprint density at radius 2 is 2.24 bits per heavy atom. The van der Waals surface area contributed by atoms with Gasteiger partial charge in [0, 0.05) is 6.54 Å². The van der Waals surface area contributed by atoms with Gasteiger partial charge in [-0.05, 0) is 50.8 Å². The Kier molecular flexibility index (Phi) is 4.40. The monoisotopic (exact) mass is 341 g/mol. The first-order valence-corrected chi connectivity index (χ1v) is 8.19. The molecule has 1 heterocycles. The zero-order valence-corrected chi connectivity index (χ0v) is 14.2. The topological polar surface area (TPSA) is 110 Å². The maximum atomic E-state index is 12.1. The minimum absolute atomic E-state index is 0.167. The van der Waals surface area contributed by atoms with Gasteiger partial charge in [-0.3, -0.25) is 4.79 Å². The SMILES string of the molecule is CCn1nnc2cc(C(=O)OCC(=O)N[C@](C)(C#N)C3CC3)ccc21. The number of fused-ring (bicyclic) bond motifs is 1. The Morgan fingerprint density at radius 1 is 1.48 bits per heavy atom. The van der Waals surface area contributed by atoms with Crippen LogP contribution in [0.1, 0.15) is 37.0 Å². The van der Waals surface area contributed by atoms with Gasteiger partial charge in [-0.15, -0.1) is 5.10 Å². The molecule has 130 valence electrons. The van der Waals surface area contributed by atoms with Gasteiger partial charge >= 0.3 is 5.97 Å². The summed E-state index contributed by atoms with van der Waals surface area (Å²) < 4.78 is 6.77. The summed E-state index contributed by atoms with van der Waals surface area (Å²) in [7, 11) is 0. The van der Waals surface area contributed by atoms with Gasteiger partial charge in [0.25, 0.3) is 5.91 Å². The van der Waals surface area contributed by atoms with Crippen molar-refractivity contribution in [1.82, 2.24) is 20.3 Å². The summed E-state index contributed by atoms with van der Waals surface area (Å²) in [4.78, 5) is 24.1. The van der Waals surface area contributed by atoms with Crippen molar-refractivity contribution in [2.75, 3.05) is 6.61 Å². The third-order valence-electron chi connectivity index (χ3n) is 4.41. The Morgan fingerprint density at radius 3 is 2.88 bits per heavy atom. The molecule has 3 rings (SSSR count). The van der Waals surface area contributed by atoms with Gasteiger partial charge in [0.15, 0.2) is 6.61 Å². The molecule has 8 heteroatoms. The first-order valence-electron chi connectivity index (χ1n) is 8.19. The van der Waals surface area contributed by atoms with E-state index in [0.717, 1.165) is 18.4 Å². The van der Waals surface area contributed by atoms with Crippen LogP contribution in [0.2, 0.25) is 0 Å². The zero-order valence-electron chi connectivity index (χ0n) is 14.2. The summed E-state index contributed by atoms with van der Waals surface area (Å²) in [6, 6.07) is 7.07. The van der Waals surface area contributed by atoms with Gasteiger partial charge in [-0.1, -0.05) is 5.21 Å². The summed E-state index contributed by atoms with van der Waals surface area (Å²) in [5.41, 5.74) is 0.812. The average molecular weight is 341 g/mol. The summed E-state index contributed by atoms with van der Waals surface area (Å²) in [5, 5.41) is 19.9. The molecule has 25 heavy (non-hydrogen) atoms. The molecule has 0 aliphatic heterocycles. The predicted octanol–water partition coefficient (Wildman–Crippen LogP) is 1.42. The highest BCUT2D eigenvalue weighted by atomic mass is 16.5. The van der Waals surface area contributed by atoms with Crippen molar-refractivity contribution in [1.29, 1.82) is 5.26 Å². The van der Waals surface area contributed by atoms with Gasteiger partial charge < -0.3 is 10.1 Å². The highest BCUT2D eigenvalue weighted by Gasteiger charge is 2.43. The highest BCUT2D eigenvalue weighted by Crippen LogP contribution is 2.39. The molecule has 0 radical (unpaired) electrons. The van der Waals surface area contributed by atoms with E-state index >= 15 is 0 Å². The van der Waals surface area contributed by atoms with Crippen LogP contribution in [-0.2, 0) is 16.1 Å². The van der Waals surface area contributed by atoms with Crippen molar-refractivity contribution in [2.45, 2.75) is 38.8 Å². The second-order valence-corrected chi connectivity index (χ2v) is 6.32. The molecule has 0 saturated heterocycles. The van der Waals surface area contributed by atoms with Crippen LogP contribution in [-0.4, -0.2) is 39.0 Å². The van der Waals surface area contributed by atoms with Crippen molar-refractivity contribution >= 4 is 22.9 Å². The summed E-state index contributed by atoms with van der Waals surface area (Å²) in [6.45, 7) is 3.89. The van der Waals surface area contributed by atoms with Crippen LogP contribution in [0.3, 0.4) is 0 Å². The second kappa shape index (κ2) is 6.51. The van der Waals surface area contributed by atoms with Crippen molar-refractivity contribution in [3.05, 3.63) is 23.8 Å². The second-order valence-electron chi connectivity index (χ2n) is 6.32. The van der Waals surface area contributed by atoms with E-state index in [1.165, 1.54) is 0 Å². The van der Waals surface area contributed by atoms with Crippen LogP contribution in [0.25, 0.3) is 11.0 Å². The van der Waals surface area contributed by atoms with E-state index in [-0.39, 0.29) is 5.92 Å². The van der Waals surface area contributed by atoms with Gasteiger partial charge in [-0.25, -0.2) is 9.48 Å². The quantitative estimate of drug-likeness (QED) is 0.796. The molecule has 2 aromatic rings. The summed E-state index contributed by atoms with van der Waals surface area (Å²) >= 11 is 0. The molecule has 1 aromatic carbocycles. The van der Waals surface area contributed by atoms with E-state index in [9.17, 15) is 14.9 Å². The molecular weight excluding hydrogens is 322 g/mol. The minimum Gasteiger partial charge on any atom is -0.452 e. The number of amides is 1. The van der Waals surface area contributed by atoms with Crippen LogP contribution in [0.5, 0.6) is 0 Å². The van der Waals surface area contributed by atoms with Crippen LogP contribution in [0, 0.1) is 17.2 Å². The number of aryl methyl sites for hydroxylation is 1. The lowest BCUT2D eigenvalue weighted by Gasteiger charge is -2.22. The van der Waals surface area contributed by atoms with Crippen molar-refractivity contribution < 1.29 is 14.3 Å². The first kappa shape index (κ1) is 16.9. The molecule has 1 amide bonds. The maximum Gasteiger partial charge on any atom is 0.338 e. The molecule has 1 saturated carbocycles. The number of rotatable bonds is 6. The number of aromatic nitrogens is 3. The number of benzene rings is 1. The fraction of sp³-hybridized carbons (Fsp3) is 0.471. The number of nitrogens with zero attached hydrogens (tertiary/aromatic N) is 4. The fourth-order valence-corrected chi connectivity index (χ4v) is 2.75. The Balaban J connectivity index is 1.60. The van der Waals surface area contributed by atoms with Gasteiger partial charge in [0.05, 0.1) is 17.1 Å². The molecule has 1 atom stereocenters. The minimum atomic E-state index is -0.902. The lowest BCUT2D eigenvalue weighted by Crippen LogP contribution is -2.48. The molecule has 1 aliphatic carbocycles. The molecule has 1 aliphatic rings. The number of hydrogen-bond donors (Lipinski definition) is 1. The first-order chi connectivity index (χ1) is 12.0. The number of carbonyl (C=O) groups is 2. The largest absolute Gasteiger partial charge is 0.452 e. The molecular formula is C17H19N5O3. The van der Waals surface area contributed by atoms with Crippen LogP contribution in [0.4, 0.5) is 0 Å². The van der Waals surface area contributed by atoms with Crippen molar-refractivity contribution in [2.24, 2.45) is 5.92 Å². The van der Waals surface area contributed by atoms with Crippen LogP contribution >= 0.6 is 0 Å². The Labute approximate surface area is 144 Å². The number of nitrogens with one attached hydrogen (secondary N) is 1. The van der Waals surface area contributed by atoms with E-state index in [1.807, 2.05) is 6.92 Å². The van der Waals surface area contributed by atoms with E-state index < -0.39 is 24.0 Å². The maximum absolute atomic E-state index is 12.1. The standard InChI is InChI=1S/C17H19N5O3/c1-3-22-14-7-4-11(8-13(14)20-21-22)16(24)25-9-15(23)19-17(2,10-18)12-5-6-12/h4,7-8,12H,3,5-6,9H2,1-2H3,(H,19,23)/t17-/m1/s1. The normalized spacial score (nSPS) is 16.0. The van der Waals surface area contributed by atoms with E-state index in [2.05, 4.69) is 21.7 Å². The van der Waals surface area contributed by atoms with E-state index in [1.54, 1.807) is 29.8 Å². The van der Waals surface area contributed by atoms with E-state index in [4.69, 9.17) is 4.74 Å². The highest BCUT2D eigenvalue weighted by molar-refractivity contribution is 5.94. The number of hydrogen-bond acceptors (Lipinski definition) is 6. The molecule has 0 bridgehead atoms. The number of esters is 1. The number of carbonyl (C=O) groups excluding carboxylic acids is 2. The fourth-order valence-electron chi connectivity index (χ4n) is 2.75. The molecule has 1 aromatic heterocycles. The van der Waals surface area contributed by atoms with Crippen molar-refractivity contribution in [3.8, 4) is 6.07 Å². The van der Waals surface area contributed by atoms with E-state index in [0.29, 0.717) is 17.6 Å². The lowest BCUT2D eigenvalue weighted by atomic mass is 9.98. The third kappa shape index (κ3) is 3.45. The molecule has 0 spiro atoms. The smallest absolute Gasteiger partial charge is 0.338 e. The van der Waals surface area contributed by atoms with Crippen molar-refractivity contribution in [3.63, 3.8) is 0 Å². The summed E-state index contributed by atoms with van der Waals surface area (Å²) in [6.07, 6.45) is 1.84. The molecule has 1 fully saturated rings. The van der Waals surface area contributed by atoms with Crippen LogP contribution in [0.15, 0.2) is 18.2 Å². The van der Waals surface area contributed by atoms with Gasteiger partial charge in [0.1, 0.15) is 11.1 Å². The molecule has 1 N–H and O–H groups in total. The van der Waals surface area contributed by atoms with Gasteiger partial charge in [0.2, 0.25) is 0 Å². The van der Waals surface area contributed by atoms with Crippen LogP contribution < -0.4 is 5.32 Å². The number of nitriles is 1. The lowest BCUT2D eigenvalue weighted by molar-refractivity contribution is -0.125. The molecule has 8 nitrogen and oxygen atoms in total. The predicted molar refractivity (Wildman–Crippen MR) is 88.4 cm³/mol. The molecule has 0 unspecified atom stereocenters. The Hall–Kier alpha value is -2.95. The van der Waals surface area contributed by atoms with Gasteiger partial charge in [-0.2, -0.15) is 5.26 Å².